The van der Waals surface area contributed by atoms with Crippen molar-refractivity contribution in [1.82, 2.24) is 15.3 Å². The number of cyclic esters (lactones) is 1. The van der Waals surface area contributed by atoms with E-state index in [1.807, 2.05) is 31.2 Å². The number of ether oxygens (including phenoxy) is 1. The van der Waals surface area contributed by atoms with Crippen molar-refractivity contribution in [3.8, 4) is 0 Å². The lowest BCUT2D eigenvalue weighted by atomic mass is 9.92. The summed E-state index contributed by atoms with van der Waals surface area (Å²) in [4.78, 5) is 29.1. The van der Waals surface area contributed by atoms with Crippen molar-refractivity contribution in [2.45, 2.75) is 71.5 Å². The fourth-order valence-electron chi connectivity index (χ4n) is 3.45. The van der Waals surface area contributed by atoms with Gasteiger partial charge in [-0.1, -0.05) is 43.7 Å². The summed E-state index contributed by atoms with van der Waals surface area (Å²) in [5, 5.41) is 11.8. The topological polar surface area (TPSA) is 101 Å². The molecule has 0 unspecified atom stereocenters. The minimum Gasteiger partial charge on any atom is -0.462 e. The van der Waals surface area contributed by atoms with E-state index in [4.69, 9.17) is 9.53 Å². The molecule has 3 aromatic rings. The third-order valence-electron chi connectivity index (χ3n) is 5.30. The van der Waals surface area contributed by atoms with Gasteiger partial charge in [-0.25, -0.2) is 9.37 Å². The monoisotopic (exact) mass is 513 g/mol. The van der Waals surface area contributed by atoms with Gasteiger partial charge in [0, 0.05) is 13.2 Å². The van der Waals surface area contributed by atoms with Gasteiger partial charge in [-0.05, 0) is 70.7 Å². The number of rotatable bonds is 6. The molecule has 2 N–H and O–H groups in total. The molecule has 2 aromatic carbocycles. The average molecular weight is 514 g/mol. The van der Waals surface area contributed by atoms with Gasteiger partial charge in [-0.2, -0.15) is 0 Å². The van der Waals surface area contributed by atoms with E-state index in [1.165, 1.54) is 12.1 Å². The van der Waals surface area contributed by atoms with Crippen molar-refractivity contribution in [3.63, 3.8) is 0 Å². The number of aromatic nitrogens is 2. The van der Waals surface area contributed by atoms with Gasteiger partial charge >= 0.3 is 5.97 Å². The van der Waals surface area contributed by atoms with Gasteiger partial charge in [0.2, 0.25) is 6.41 Å². The van der Waals surface area contributed by atoms with E-state index in [0.29, 0.717) is 12.8 Å². The van der Waals surface area contributed by atoms with E-state index in [9.17, 15) is 14.3 Å². The van der Waals surface area contributed by atoms with E-state index < -0.39 is 5.60 Å². The van der Waals surface area contributed by atoms with Crippen LogP contribution in [0.25, 0.3) is 11.0 Å². The molecule has 8 heteroatoms. The van der Waals surface area contributed by atoms with E-state index in [2.05, 4.69) is 22.2 Å². The first-order valence-electron chi connectivity index (χ1n) is 12.5. The molecule has 0 spiro atoms. The first kappa shape index (κ1) is 31.6. The van der Waals surface area contributed by atoms with Crippen LogP contribution in [0.1, 0.15) is 58.6 Å². The number of hydrogen-bond donors (Lipinski definition) is 2. The molecule has 1 amide bonds. The van der Waals surface area contributed by atoms with Crippen LogP contribution in [0.4, 0.5) is 4.39 Å². The molecular weight excluding hydrogens is 473 g/mol. The highest BCUT2D eigenvalue weighted by molar-refractivity contribution is 5.74. The normalized spacial score (nSPS) is 16.1. The maximum atomic E-state index is 11.9. The largest absolute Gasteiger partial charge is 0.462 e. The summed E-state index contributed by atoms with van der Waals surface area (Å²) in [5.41, 5.74) is 2.21. The molecular formula is C29H40FN3O4. The van der Waals surface area contributed by atoms with Gasteiger partial charge in [0.05, 0.1) is 28.2 Å². The summed E-state index contributed by atoms with van der Waals surface area (Å²) in [6.45, 7) is 7.59. The van der Waals surface area contributed by atoms with Crippen LogP contribution in [-0.4, -0.2) is 46.2 Å². The second-order valence-corrected chi connectivity index (χ2v) is 9.33. The zero-order valence-corrected chi connectivity index (χ0v) is 22.5. The number of nitrogens with one attached hydrogen (secondary N) is 1. The van der Waals surface area contributed by atoms with E-state index >= 15 is 0 Å². The van der Waals surface area contributed by atoms with Crippen molar-refractivity contribution < 1.29 is 23.8 Å². The highest BCUT2D eigenvalue weighted by atomic mass is 19.1. The van der Waals surface area contributed by atoms with Crippen molar-refractivity contribution >= 4 is 23.4 Å². The lowest BCUT2D eigenvalue weighted by Gasteiger charge is -2.17. The molecule has 1 aromatic heterocycles. The molecule has 1 aliphatic rings. The summed E-state index contributed by atoms with van der Waals surface area (Å²) < 4.78 is 17.2. The Morgan fingerprint density at radius 3 is 2.22 bits per heavy atom. The summed E-state index contributed by atoms with van der Waals surface area (Å²) >= 11 is 0. The average Bonchev–Trinajstić information content (AvgIpc) is 3.23. The standard InChI is InChI=1S/C12H22O3.C9H8N2.C6H5F.C2H5NO/c1-4-5-10-8-9(11(13)15-10)6-7-12(2,3)14;1-7-6-10-8-4-2-3-5-9(8)11-7;7-6-4-2-1-3-5-6;1-3-2-4/h9-10,14H,4-8H2,1-3H3;2-6H,1H3;1-5H;2H,1H3,(H,3,4)/t9-,10-;;;/m1.../s1. The number of aliphatic hydroxyl groups is 1. The number of hydrogen-bond acceptors (Lipinski definition) is 6. The molecule has 2 atom stereocenters. The Bertz CT molecular complexity index is 1060. The van der Waals surface area contributed by atoms with Gasteiger partial charge < -0.3 is 15.2 Å². The SMILES string of the molecule is CCC[C@@H]1C[C@@H](CCC(C)(C)O)C(=O)O1.CNC=O.Cc1cnc2ccccc2n1.Fc1ccccc1. The molecule has 0 saturated carbocycles. The molecule has 0 bridgehead atoms. The highest BCUT2D eigenvalue weighted by Crippen LogP contribution is 2.29. The summed E-state index contributed by atoms with van der Waals surface area (Å²) in [5.74, 6) is -0.242. The lowest BCUT2D eigenvalue weighted by molar-refractivity contribution is -0.144. The number of carbonyl (C=O) groups excluding carboxylic acids is 2. The van der Waals surface area contributed by atoms with Gasteiger partial charge in [0.15, 0.2) is 0 Å². The Kier molecular flexibility index (Phi) is 14.7. The van der Waals surface area contributed by atoms with Crippen LogP contribution in [-0.2, 0) is 14.3 Å². The number of para-hydroxylation sites is 2. The van der Waals surface area contributed by atoms with E-state index in [0.717, 1.165) is 42.4 Å². The Morgan fingerprint density at radius 2 is 1.70 bits per heavy atom. The van der Waals surface area contributed by atoms with Crippen LogP contribution in [0.5, 0.6) is 0 Å². The van der Waals surface area contributed by atoms with Crippen LogP contribution in [0.15, 0.2) is 60.8 Å². The first-order chi connectivity index (χ1) is 17.6. The second kappa shape index (κ2) is 17.1. The smallest absolute Gasteiger partial charge is 0.309 e. The number of esters is 1. The summed E-state index contributed by atoms with van der Waals surface area (Å²) in [6.07, 6.45) is 6.77. The molecule has 202 valence electrons. The predicted octanol–water partition coefficient (Wildman–Crippen LogP) is 5.40. The molecule has 7 nitrogen and oxygen atoms in total. The van der Waals surface area contributed by atoms with Crippen LogP contribution in [0.2, 0.25) is 0 Å². The van der Waals surface area contributed by atoms with Gasteiger partial charge in [0.25, 0.3) is 0 Å². The molecule has 0 aliphatic carbocycles. The summed E-state index contributed by atoms with van der Waals surface area (Å²) in [6, 6.07) is 15.8. The Labute approximate surface area is 219 Å². The van der Waals surface area contributed by atoms with Gasteiger partial charge in [0.1, 0.15) is 11.9 Å². The van der Waals surface area contributed by atoms with Gasteiger partial charge in [-0.15, -0.1) is 0 Å². The van der Waals surface area contributed by atoms with E-state index in [1.54, 1.807) is 45.3 Å². The zero-order valence-electron chi connectivity index (χ0n) is 22.5. The van der Waals surface area contributed by atoms with Crippen molar-refractivity contribution in [3.05, 3.63) is 72.3 Å². The van der Waals surface area contributed by atoms with Crippen LogP contribution >= 0.6 is 0 Å². The second-order valence-electron chi connectivity index (χ2n) is 9.33. The summed E-state index contributed by atoms with van der Waals surface area (Å²) in [7, 11) is 1.56. The fraction of sp³-hybridized carbons (Fsp3) is 0.448. The number of carbonyl (C=O) groups is 2. The molecule has 1 fully saturated rings. The molecule has 0 radical (unpaired) electrons. The minimum atomic E-state index is -0.677. The van der Waals surface area contributed by atoms with Crippen LogP contribution < -0.4 is 5.32 Å². The quantitative estimate of drug-likeness (QED) is 0.338. The first-order valence-corrected chi connectivity index (χ1v) is 12.5. The van der Waals surface area contributed by atoms with Crippen LogP contribution in [0.3, 0.4) is 0 Å². The van der Waals surface area contributed by atoms with Crippen LogP contribution in [0, 0.1) is 18.7 Å². The third kappa shape index (κ3) is 14.1. The van der Waals surface area contributed by atoms with Crippen molar-refractivity contribution in [2.24, 2.45) is 5.92 Å². The number of benzene rings is 2. The molecule has 2 heterocycles. The molecule has 1 saturated heterocycles. The molecule has 1 aliphatic heterocycles. The zero-order chi connectivity index (χ0) is 27.7. The lowest BCUT2D eigenvalue weighted by Crippen LogP contribution is -2.21. The maximum absolute atomic E-state index is 11.9. The van der Waals surface area contributed by atoms with Crippen molar-refractivity contribution in [1.29, 1.82) is 0 Å². The third-order valence-corrected chi connectivity index (χ3v) is 5.30. The number of aryl methyl sites for hydroxylation is 1. The molecule has 4 rings (SSSR count). The predicted molar refractivity (Wildman–Crippen MR) is 144 cm³/mol. The number of halogens is 1. The Balaban J connectivity index is 0.000000272. The highest BCUT2D eigenvalue weighted by Gasteiger charge is 2.34. The van der Waals surface area contributed by atoms with E-state index in [-0.39, 0.29) is 23.8 Å². The number of amides is 1. The Hall–Kier alpha value is -3.39. The maximum Gasteiger partial charge on any atom is 0.309 e. The minimum absolute atomic E-state index is 0.00738. The number of fused-ring (bicyclic) bond motifs is 1. The Morgan fingerprint density at radius 1 is 1.11 bits per heavy atom. The van der Waals surface area contributed by atoms with Gasteiger partial charge in [-0.3, -0.25) is 14.6 Å². The van der Waals surface area contributed by atoms with Crippen molar-refractivity contribution in [2.75, 3.05) is 7.05 Å². The fourth-order valence-corrected chi connectivity index (χ4v) is 3.45. The molecule has 37 heavy (non-hydrogen) atoms. The number of nitrogens with zero attached hydrogens (tertiary/aromatic N) is 2.